The van der Waals surface area contributed by atoms with E-state index in [0.29, 0.717) is 6.42 Å². The van der Waals surface area contributed by atoms with Crippen molar-refractivity contribution in [3.8, 4) is 0 Å². The zero-order chi connectivity index (χ0) is 14.1. The lowest BCUT2D eigenvalue weighted by atomic mass is 10.1. The lowest BCUT2D eigenvalue weighted by Gasteiger charge is -2.05. The van der Waals surface area contributed by atoms with E-state index >= 15 is 0 Å². The third-order valence-corrected chi connectivity index (χ3v) is 4.47. The van der Waals surface area contributed by atoms with Crippen molar-refractivity contribution in [3.63, 3.8) is 0 Å². The van der Waals surface area contributed by atoms with Gasteiger partial charge >= 0.3 is 0 Å². The molecule has 0 radical (unpaired) electrons. The SMILES string of the molecule is CCn1cc(CC(O)c2cc3ccc(F)cc3s2)cn1. The molecular weight excluding hydrogens is 275 g/mol. The summed E-state index contributed by atoms with van der Waals surface area (Å²) in [5, 5.41) is 15.5. The summed E-state index contributed by atoms with van der Waals surface area (Å²) in [6.45, 7) is 2.84. The number of fused-ring (bicyclic) bond motifs is 1. The van der Waals surface area contributed by atoms with Crippen LogP contribution in [0.3, 0.4) is 0 Å². The fourth-order valence-corrected chi connectivity index (χ4v) is 3.27. The molecule has 3 nitrogen and oxygen atoms in total. The molecule has 3 rings (SSSR count). The van der Waals surface area contributed by atoms with Crippen molar-refractivity contribution in [2.24, 2.45) is 0 Å². The number of benzene rings is 1. The lowest BCUT2D eigenvalue weighted by Crippen LogP contribution is -1.98. The van der Waals surface area contributed by atoms with Crippen LogP contribution in [0.15, 0.2) is 36.7 Å². The first kappa shape index (κ1) is 13.3. The van der Waals surface area contributed by atoms with Crippen LogP contribution in [-0.4, -0.2) is 14.9 Å². The van der Waals surface area contributed by atoms with Crippen molar-refractivity contribution < 1.29 is 9.50 Å². The predicted octanol–water partition coefficient (Wildman–Crippen LogP) is 3.53. The van der Waals surface area contributed by atoms with Gasteiger partial charge in [-0.25, -0.2) is 4.39 Å². The highest BCUT2D eigenvalue weighted by Gasteiger charge is 2.13. The van der Waals surface area contributed by atoms with E-state index in [1.807, 2.05) is 23.9 Å². The highest BCUT2D eigenvalue weighted by molar-refractivity contribution is 7.19. The van der Waals surface area contributed by atoms with Crippen LogP contribution in [0, 0.1) is 5.82 Å². The minimum Gasteiger partial charge on any atom is -0.387 e. The van der Waals surface area contributed by atoms with Crippen molar-refractivity contribution in [2.45, 2.75) is 26.0 Å². The van der Waals surface area contributed by atoms with Gasteiger partial charge in [0.25, 0.3) is 0 Å². The van der Waals surface area contributed by atoms with E-state index < -0.39 is 6.10 Å². The molecule has 1 unspecified atom stereocenters. The molecule has 0 aliphatic rings. The highest BCUT2D eigenvalue weighted by atomic mass is 32.1. The summed E-state index contributed by atoms with van der Waals surface area (Å²) in [4.78, 5) is 0.856. The van der Waals surface area contributed by atoms with Gasteiger partial charge in [-0.2, -0.15) is 5.10 Å². The van der Waals surface area contributed by atoms with Crippen LogP contribution in [0.2, 0.25) is 0 Å². The monoisotopic (exact) mass is 290 g/mol. The standard InChI is InChI=1S/C15H15FN2OS/c1-2-18-9-10(8-17-18)5-13(19)15-6-11-3-4-12(16)7-14(11)20-15/h3-4,6-9,13,19H,2,5H2,1H3. The number of hydrogen-bond donors (Lipinski definition) is 1. The van der Waals surface area contributed by atoms with Crippen LogP contribution in [0.5, 0.6) is 0 Å². The number of rotatable bonds is 4. The zero-order valence-electron chi connectivity index (χ0n) is 11.1. The van der Waals surface area contributed by atoms with Crippen molar-refractivity contribution in [3.05, 3.63) is 52.9 Å². The number of hydrogen-bond acceptors (Lipinski definition) is 3. The van der Waals surface area contributed by atoms with E-state index in [2.05, 4.69) is 5.10 Å². The van der Waals surface area contributed by atoms with Gasteiger partial charge in [-0.1, -0.05) is 6.07 Å². The zero-order valence-corrected chi connectivity index (χ0v) is 11.9. The van der Waals surface area contributed by atoms with Crippen molar-refractivity contribution in [1.29, 1.82) is 0 Å². The number of halogens is 1. The Morgan fingerprint density at radius 3 is 3.00 bits per heavy atom. The molecule has 0 saturated carbocycles. The number of aliphatic hydroxyl groups excluding tert-OH is 1. The van der Waals surface area contributed by atoms with E-state index in [4.69, 9.17) is 0 Å². The molecule has 0 aliphatic heterocycles. The third kappa shape index (κ3) is 2.59. The lowest BCUT2D eigenvalue weighted by molar-refractivity contribution is 0.182. The van der Waals surface area contributed by atoms with Gasteiger partial charge in [0, 0.05) is 28.7 Å². The van der Waals surface area contributed by atoms with E-state index in [1.54, 1.807) is 12.3 Å². The summed E-state index contributed by atoms with van der Waals surface area (Å²) >= 11 is 1.43. The first-order valence-electron chi connectivity index (χ1n) is 6.54. The molecule has 0 spiro atoms. The Labute approximate surface area is 120 Å². The highest BCUT2D eigenvalue weighted by Crippen LogP contribution is 2.31. The molecule has 0 saturated heterocycles. The van der Waals surface area contributed by atoms with Crippen LogP contribution in [0.25, 0.3) is 10.1 Å². The minimum absolute atomic E-state index is 0.246. The Morgan fingerprint density at radius 2 is 2.25 bits per heavy atom. The summed E-state index contributed by atoms with van der Waals surface area (Å²) in [5.74, 6) is -0.246. The maximum absolute atomic E-state index is 13.2. The Kier molecular flexibility index (Phi) is 3.54. The van der Waals surface area contributed by atoms with E-state index in [0.717, 1.165) is 27.1 Å². The molecule has 1 atom stereocenters. The second-order valence-corrected chi connectivity index (χ2v) is 5.87. The molecule has 0 aliphatic carbocycles. The second-order valence-electron chi connectivity index (χ2n) is 4.76. The molecule has 1 aromatic carbocycles. The number of thiophene rings is 1. The Balaban J connectivity index is 1.82. The van der Waals surface area contributed by atoms with Gasteiger partial charge in [-0.05, 0) is 36.1 Å². The van der Waals surface area contributed by atoms with E-state index in [-0.39, 0.29) is 5.82 Å². The van der Waals surface area contributed by atoms with Gasteiger partial charge in [0.1, 0.15) is 5.82 Å². The molecule has 0 amide bonds. The van der Waals surface area contributed by atoms with Crippen molar-refractivity contribution >= 4 is 21.4 Å². The molecule has 5 heteroatoms. The van der Waals surface area contributed by atoms with Gasteiger partial charge < -0.3 is 5.11 Å². The van der Waals surface area contributed by atoms with Crippen LogP contribution in [0.1, 0.15) is 23.5 Å². The second kappa shape index (κ2) is 5.34. The Hall–Kier alpha value is -1.72. The Morgan fingerprint density at radius 1 is 1.40 bits per heavy atom. The van der Waals surface area contributed by atoms with E-state index in [1.165, 1.54) is 23.5 Å². The van der Waals surface area contributed by atoms with Crippen molar-refractivity contribution in [1.82, 2.24) is 9.78 Å². The van der Waals surface area contributed by atoms with Crippen molar-refractivity contribution in [2.75, 3.05) is 0 Å². The topological polar surface area (TPSA) is 38.0 Å². The fraction of sp³-hybridized carbons (Fsp3) is 0.267. The van der Waals surface area contributed by atoms with Crippen LogP contribution < -0.4 is 0 Å². The first-order chi connectivity index (χ1) is 9.65. The summed E-state index contributed by atoms with van der Waals surface area (Å²) in [6, 6.07) is 6.61. The summed E-state index contributed by atoms with van der Waals surface area (Å²) in [6.07, 6.45) is 3.66. The molecule has 2 heterocycles. The number of nitrogens with zero attached hydrogens (tertiary/aromatic N) is 2. The molecule has 1 N–H and O–H groups in total. The summed E-state index contributed by atoms with van der Waals surface area (Å²) < 4.78 is 15.9. The Bertz CT molecular complexity index is 734. The molecular formula is C15H15FN2OS. The summed E-state index contributed by atoms with van der Waals surface area (Å²) in [7, 11) is 0. The summed E-state index contributed by atoms with van der Waals surface area (Å²) in [5.41, 5.74) is 1.00. The van der Waals surface area contributed by atoms with E-state index in [9.17, 15) is 9.50 Å². The predicted molar refractivity (Wildman–Crippen MR) is 78.3 cm³/mol. The number of aryl methyl sites for hydroxylation is 1. The minimum atomic E-state index is -0.579. The van der Waals surface area contributed by atoms with Crippen LogP contribution in [0.4, 0.5) is 4.39 Å². The molecule has 20 heavy (non-hydrogen) atoms. The van der Waals surface area contributed by atoms with Gasteiger partial charge in [-0.3, -0.25) is 4.68 Å². The smallest absolute Gasteiger partial charge is 0.124 e. The number of aromatic nitrogens is 2. The average molecular weight is 290 g/mol. The molecule has 3 aromatic rings. The molecule has 2 aromatic heterocycles. The maximum Gasteiger partial charge on any atom is 0.124 e. The van der Waals surface area contributed by atoms with Crippen LogP contribution in [-0.2, 0) is 13.0 Å². The normalized spacial score (nSPS) is 12.9. The first-order valence-corrected chi connectivity index (χ1v) is 7.35. The quantitative estimate of drug-likeness (QED) is 0.798. The average Bonchev–Trinajstić information content (AvgIpc) is 3.04. The largest absolute Gasteiger partial charge is 0.387 e. The van der Waals surface area contributed by atoms with Crippen LogP contribution >= 0.6 is 11.3 Å². The van der Waals surface area contributed by atoms with Gasteiger partial charge in [0.2, 0.25) is 0 Å². The van der Waals surface area contributed by atoms with Gasteiger partial charge in [-0.15, -0.1) is 11.3 Å². The fourth-order valence-electron chi connectivity index (χ4n) is 2.20. The molecule has 0 bridgehead atoms. The number of aliphatic hydroxyl groups is 1. The van der Waals surface area contributed by atoms with Gasteiger partial charge in [0.05, 0.1) is 12.3 Å². The maximum atomic E-state index is 13.2. The van der Waals surface area contributed by atoms with Gasteiger partial charge in [0.15, 0.2) is 0 Å². The molecule has 104 valence electrons. The third-order valence-electron chi connectivity index (χ3n) is 3.27. The molecule has 0 fully saturated rings.